The molecule has 0 radical (unpaired) electrons. The summed E-state index contributed by atoms with van der Waals surface area (Å²) in [5, 5.41) is 2.60. The molecule has 1 heterocycles. The Kier molecular flexibility index (Phi) is 4.13. The standard InChI is InChI=1S/C18H25N3/c1-20-11-5-6-15(13-20)21(2)18-10-9-14(12-19)16-7-3-4-8-17(16)18/h3-4,7-10,15H,5-6,11-13,19H2,1-2H3. The van der Waals surface area contributed by atoms with Gasteiger partial charge in [-0.3, -0.25) is 0 Å². The lowest BCUT2D eigenvalue weighted by atomic mass is 9.99. The van der Waals surface area contributed by atoms with Crippen LogP contribution in [0, 0.1) is 0 Å². The van der Waals surface area contributed by atoms with Crippen LogP contribution >= 0.6 is 0 Å². The monoisotopic (exact) mass is 283 g/mol. The highest BCUT2D eigenvalue weighted by molar-refractivity contribution is 5.96. The van der Waals surface area contributed by atoms with Crippen molar-refractivity contribution in [3.63, 3.8) is 0 Å². The Morgan fingerprint density at radius 2 is 1.95 bits per heavy atom. The molecule has 2 aromatic carbocycles. The zero-order valence-electron chi connectivity index (χ0n) is 13.0. The zero-order valence-corrected chi connectivity index (χ0v) is 13.0. The quantitative estimate of drug-likeness (QED) is 0.940. The van der Waals surface area contributed by atoms with Gasteiger partial charge in [-0.15, -0.1) is 0 Å². The van der Waals surface area contributed by atoms with Crippen molar-refractivity contribution in [2.45, 2.75) is 25.4 Å². The van der Waals surface area contributed by atoms with Crippen LogP contribution in [0.15, 0.2) is 36.4 Å². The molecule has 3 heteroatoms. The number of piperidine rings is 1. The fourth-order valence-electron chi connectivity index (χ4n) is 3.48. The van der Waals surface area contributed by atoms with Crippen molar-refractivity contribution in [2.24, 2.45) is 5.73 Å². The molecule has 1 atom stereocenters. The zero-order chi connectivity index (χ0) is 14.8. The van der Waals surface area contributed by atoms with Gasteiger partial charge in [0.25, 0.3) is 0 Å². The maximum atomic E-state index is 5.88. The molecule has 0 aromatic heterocycles. The highest BCUT2D eigenvalue weighted by atomic mass is 15.2. The number of fused-ring (bicyclic) bond motifs is 1. The Morgan fingerprint density at radius 3 is 2.67 bits per heavy atom. The van der Waals surface area contributed by atoms with E-state index in [-0.39, 0.29) is 0 Å². The maximum Gasteiger partial charge on any atom is 0.0446 e. The second kappa shape index (κ2) is 6.04. The molecule has 3 nitrogen and oxygen atoms in total. The molecule has 0 spiro atoms. The summed E-state index contributed by atoms with van der Waals surface area (Å²) < 4.78 is 0. The van der Waals surface area contributed by atoms with Crippen molar-refractivity contribution < 1.29 is 0 Å². The number of hydrogen-bond donors (Lipinski definition) is 1. The van der Waals surface area contributed by atoms with Crippen molar-refractivity contribution in [1.82, 2.24) is 4.90 Å². The Bertz CT molecular complexity index is 623. The van der Waals surface area contributed by atoms with Gasteiger partial charge in [-0.25, -0.2) is 0 Å². The van der Waals surface area contributed by atoms with E-state index in [9.17, 15) is 0 Å². The van der Waals surface area contributed by atoms with Gasteiger partial charge in [0.2, 0.25) is 0 Å². The Hall–Kier alpha value is -1.58. The molecule has 2 aromatic rings. The first-order chi connectivity index (χ1) is 10.2. The molecule has 1 unspecified atom stereocenters. The molecule has 0 saturated carbocycles. The van der Waals surface area contributed by atoms with Crippen molar-refractivity contribution in [2.75, 3.05) is 32.1 Å². The van der Waals surface area contributed by atoms with Gasteiger partial charge in [-0.2, -0.15) is 0 Å². The first-order valence-electron chi connectivity index (χ1n) is 7.83. The van der Waals surface area contributed by atoms with Crippen LogP contribution in [0.25, 0.3) is 10.8 Å². The second-order valence-corrected chi connectivity index (χ2v) is 6.16. The molecular weight excluding hydrogens is 258 g/mol. The molecule has 3 rings (SSSR count). The number of benzene rings is 2. The van der Waals surface area contributed by atoms with Crippen molar-refractivity contribution >= 4 is 16.5 Å². The SMILES string of the molecule is CN1CCCC(N(C)c2ccc(CN)c3ccccc23)C1. The number of anilines is 1. The number of nitrogens with zero attached hydrogens (tertiary/aromatic N) is 2. The lowest BCUT2D eigenvalue weighted by Crippen LogP contribution is -2.45. The predicted octanol–water partition coefficient (Wildman–Crippen LogP) is 2.83. The average Bonchev–Trinajstić information content (AvgIpc) is 2.53. The van der Waals surface area contributed by atoms with E-state index in [4.69, 9.17) is 5.73 Å². The largest absolute Gasteiger partial charge is 0.370 e. The highest BCUT2D eigenvalue weighted by Gasteiger charge is 2.22. The van der Waals surface area contributed by atoms with Gasteiger partial charge in [0.1, 0.15) is 0 Å². The van der Waals surface area contributed by atoms with Crippen LogP contribution in [0.1, 0.15) is 18.4 Å². The van der Waals surface area contributed by atoms with Gasteiger partial charge in [-0.05, 0) is 43.5 Å². The number of nitrogens with two attached hydrogens (primary N) is 1. The minimum atomic E-state index is 0.593. The van der Waals surface area contributed by atoms with E-state index >= 15 is 0 Å². The third-order valence-corrected chi connectivity index (χ3v) is 4.74. The van der Waals surface area contributed by atoms with Crippen LogP contribution in [-0.4, -0.2) is 38.1 Å². The maximum absolute atomic E-state index is 5.88. The van der Waals surface area contributed by atoms with Crippen LogP contribution < -0.4 is 10.6 Å². The van der Waals surface area contributed by atoms with Crippen molar-refractivity contribution in [3.8, 4) is 0 Å². The number of likely N-dealkylation sites (N-methyl/N-ethyl adjacent to an activating group) is 2. The summed E-state index contributed by atoms with van der Waals surface area (Å²) >= 11 is 0. The molecule has 21 heavy (non-hydrogen) atoms. The topological polar surface area (TPSA) is 32.5 Å². The molecule has 2 N–H and O–H groups in total. The van der Waals surface area contributed by atoms with Crippen molar-refractivity contribution in [1.29, 1.82) is 0 Å². The predicted molar refractivity (Wildman–Crippen MR) is 90.8 cm³/mol. The molecule has 0 aliphatic carbocycles. The smallest absolute Gasteiger partial charge is 0.0446 e. The third kappa shape index (κ3) is 2.76. The van der Waals surface area contributed by atoms with E-state index in [1.165, 1.54) is 41.4 Å². The van der Waals surface area contributed by atoms with Crippen LogP contribution in [0.4, 0.5) is 5.69 Å². The molecule has 0 amide bonds. The summed E-state index contributed by atoms with van der Waals surface area (Å²) in [5.41, 5.74) is 8.43. The average molecular weight is 283 g/mol. The minimum absolute atomic E-state index is 0.593. The van der Waals surface area contributed by atoms with Gasteiger partial charge >= 0.3 is 0 Å². The third-order valence-electron chi connectivity index (χ3n) is 4.74. The van der Waals surface area contributed by atoms with Gasteiger partial charge in [-0.1, -0.05) is 30.3 Å². The summed E-state index contributed by atoms with van der Waals surface area (Å²) in [6, 6.07) is 13.6. The minimum Gasteiger partial charge on any atom is -0.370 e. The Labute approximate surface area is 127 Å². The van der Waals surface area contributed by atoms with Crippen LogP contribution in [-0.2, 0) is 6.54 Å². The number of likely N-dealkylation sites (tertiary alicyclic amines) is 1. The normalized spacial score (nSPS) is 19.9. The molecule has 1 aliphatic rings. The van der Waals surface area contributed by atoms with Crippen LogP contribution in [0.2, 0.25) is 0 Å². The van der Waals surface area contributed by atoms with Gasteiger partial charge in [0.15, 0.2) is 0 Å². The van der Waals surface area contributed by atoms with Crippen LogP contribution in [0.3, 0.4) is 0 Å². The molecular formula is C18H25N3. The summed E-state index contributed by atoms with van der Waals surface area (Å²) in [6.45, 7) is 2.96. The van der Waals surface area contributed by atoms with E-state index in [2.05, 4.69) is 60.3 Å². The van der Waals surface area contributed by atoms with E-state index in [0.29, 0.717) is 12.6 Å². The molecule has 0 bridgehead atoms. The molecule has 1 aliphatic heterocycles. The summed E-state index contributed by atoms with van der Waals surface area (Å²) in [4.78, 5) is 4.89. The summed E-state index contributed by atoms with van der Waals surface area (Å²) in [7, 11) is 4.45. The summed E-state index contributed by atoms with van der Waals surface area (Å²) in [5.74, 6) is 0. The molecule has 112 valence electrons. The number of rotatable bonds is 3. The molecule has 1 saturated heterocycles. The van der Waals surface area contributed by atoms with Gasteiger partial charge in [0.05, 0.1) is 0 Å². The number of hydrogen-bond acceptors (Lipinski definition) is 3. The summed E-state index contributed by atoms with van der Waals surface area (Å²) in [6.07, 6.45) is 2.55. The lowest BCUT2D eigenvalue weighted by molar-refractivity contribution is 0.248. The van der Waals surface area contributed by atoms with E-state index in [1.54, 1.807) is 0 Å². The van der Waals surface area contributed by atoms with E-state index in [0.717, 1.165) is 6.54 Å². The van der Waals surface area contributed by atoms with E-state index in [1.807, 2.05) is 0 Å². The Morgan fingerprint density at radius 1 is 1.19 bits per heavy atom. The van der Waals surface area contributed by atoms with Crippen molar-refractivity contribution in [3.05, 3.63) is 42.0 Å². The first-order valence-corrected chi connectivity index (χ1v) is 7.83. The van der Waals surface area contributed by atoms with Gasteiger partial charge < -0.3 is 15.5 Å². The van der Waals surface area contributed by atoms with Gasteiger partial charge in [0, 0.05) is 37.3 Å². The van der Waals surface area contributed by atoms with Crippen LogP contribution in [0.5, 0.6) is 0 Å². The fraction of sp³-hybridized carbons (Fsp3) is 0.444. The molecule has 1 fully saturated rings. The Balaban J connectivity index is 2.00. The lowest BCUT2D eigenvalue weighted by Gasteiger charge is -2.37. The second-order valence-electron chi connectivity index (χ2n) is 6.16. The van der Waals surface area contributed by atoms with E-state index < -0.39 is 0 Å². The first kappa shape index (κ1) is 14.4. The highest BCUT2D eigenvalue weighted by Crippen LogP contribution is 2.31. The fourth-order valence-corrected chi connectivity index (χ4v) is 3.48.